The lowest BCUT2D eigenvalue weighted by molar-refractivity contribution is -0.122. The summed E-state index contributed by atoms with van der Waals surface area (Å²) in [4.78, 5) is 23.7. The summed E-state index contributed by atoms with van der Waals surface area (Å²) in [6.07, 6.45) is 6.97. The van der Waals surface area contributed by atoms with E-state index in [-0.39, 0.29) is 24.1 Å². The van der Waals surface area contributed by atoms with Crippen LogP contribution >= 0.6 is 0 Å². The van der Waals surface area contributed by atoms with Crippen molar-refractivity contribution in [1.82, 2.24) is 15.1 Å². The van der Waals surface area contributed by atoms with Gasteiger partial charge in [-0.15, -0.1) is 0 Å². The summed E-state index contributed by atoms with van der Waals surface area (Å²) in [6.45, 7) is 2.84. The Labute approximate surface area is 118 Å². The molecule has 20 heavy (non-hydrogen) atoms. The number of nitrogens with one attached hydrogen (secondary N) is 2. The minimum Gasteiger partial charge on any atom is -0.384 e. The largest absolute Gasteiger partial charge is 0.384 e. The van der Waals surface area contributed by atoms with Gasteiger partial charge in [0.15, 0.2) is 0 Å². The van der Waals surface area contributed by atoms with Crippen LogP contribution in [0, 0.1) is 0 Å². The maximum Gasteiger partial charge on any atom is 0.269 e. The lowest BCUT2D eigenvalue weighted by Crippen LogP contribution is -2.38. The fraction of sp³-hybridized carbons (Fsp3) is 0.643. The molecule has 1 amide bonds. The molecule has 1 aliphatic rings. The highest BCUT2D eigenvalue weighted by atomic mass is 16.2. The molecule has 0 aromatic carbocycles. The van der Waals surface area contributed by atoms with Crippen LogP contribution in [0.4, 0.5) is 5.69 Å². The van der Waals surface area contributed by atoms with Crippen LogP contribution in [0.25, 0.3) is 0 Å². The molecule has 0 saturated heterocycles. The predicted octanol–water partition coefficient (Wildman–Crippen LogP) is 1.12. The summed E-state index contributed by atoms with van der Waals surface area (Å²) in [5.41, 5.74) is 0.442. The molecular weight excluding hydrogens is 256 g/mol. The molecule has 2 rings (SSSR count). The first kappa shape index (κ1) is 14.6. The average molecular weight is 278 g/mol. The molecule has 6 nitrogen and oxygen atoms in total. The SMILES string of the molecule is CCCNc1cnn(CC(=O)NC2CCCC2)c(=O)c1. The zero-order valence-electron chi connectivity index (χ0n) is 11.9. The number of amides is 1. The Bertz CT molecular complexity index is 506. The maximum absolute atomic E-state index is 11.9. The van der Waals surface area contributed by atoms with Crippen LogP contribution in [0.5, 0.6) is 0 Å². The second-order valence-corrected chi connectivity index (χ2v) is 5.22. The normalized spacial score (nSPS) is 15.2. The lowest BCUT2D eigenvalue weighted by Gasteiger charge is -2.12. The van der Waals surface area contributed by atoms with E-state index < -0.39 is 0 Å². The molecule has 0 radical (unpaired) electrons. The molecule has 6 heteroatoms. The van der Waals surface area contributed by atoms with Gasteiger partial charge in [-0.2, -0.15) is 5.10 Å². The minimum atomic E-state index is -0.257. The Morgan fingerprint density at radius 1 is 1.45 bits per heavy atom. The van der Waals surface area contributed by atoms with Crippen LogP contribution in [0.15, 0.2) is 17.1 Å². The molecular formula is C14H22N4O2. The molecule has 1 saturated carbocycles. The van der Waals surface area contributed by atoms with Crippen molar-refractivity contribution in [2.75, 3.05) is 11.9 Å². The van der Waals surface area contributed by atoms with Crippen molar-refractivity contribution in [1.29, 1.82) is 0 Å². The highest BCUT2D eigenvalue weighted by molar-refractivity contribution is 5.75. The van der Waals surface area contributed by atoms with Crippen molar-refractivity contribution >= 4 is 11.6 Å². The Morgan fingerprint density at radius 2 is 2.20 bits per heavy atom. The van der Waals surface area contributed by atoms with Gasteiger partial charge >= 0.3 is 0 Å². The third-order valence-corrected chi connectivity index (χ3v) is 3.46. The molecule has 0 aliphatic heterocycles. The van der Waals surface area contributed by atoms with Gasteiger partial charge in [0, 0.05) is 18.7 Å². The number of nitrogens with zero attached hydrogens (tertiary/aromatic N) is 2. The van der Waals surface area contributed by atoms with E-state index in [9.17, 15) is 9.59 Å². The van der Waals surface area contributed by atoms with Gasteiger partial charge in [-0.05, 0) is 19.3 Å². The zero-order valence-corrected chi connectivity index (χ0v) is 11.9. The van der Waals surface area contributed by atoms with Crippen LogP contribution in [0.2, 0.25) is 0 Å². The van der Waals surface area contributed by atoms with Gasteiger partial charge in [0.2, 0.25) is 5.91 Å². The first-order valence-electron chi connectivity index (χ1n) is 7.29. The number of carbonyl (C=O) groups excluding carboxylic acids is 1. The van der Waals surface area contributed by atoms with Gasteiger partial charge < -0.3 is 10.6 Å². The van der Waals surface area contributed by atoms with E-state index >= 15 is 0 Å². The second-order valence-electron chi connectivity index (χ2n) is 5.22. The Hall–Kier alpha value is -1.85. The molecule has 1 aromatic heterocycles. The maximum atomic E-state index is 11.9. The molecule has 2 N–H and O–H groups in total. The Morgan fingerprint density at radius 3 is 2.85 bits per heavy atom. The number of carbonyl (C=O) groups is 1. The predicted molar refractivity (Wildman–Crippen MR) is 77.7 cm³/mol. The molecule has 0 unspecified atom stereocenters. The minimum absolute atomic E-state index is 0.0105. The van der Waals surface area contributed by atoms with Crippen LogP contribution < -0.4 is 16.2 Å². The van der Waals surface area contributed by atoms with Crippen molar-refractivity contribution in [3.05, 3.63) is 22.6 Å². The summed E-state index contributed by atoms with van der Waals surface area (Å²) < 4.78 is 1.20. The van der Waals surface area contributed by atoms with E-state index in [2.05, 4.69) is 22.7 Å². The third-order valence-electron chi connectivity index (χ3n) is 3.46. The monoisotopic (exact) mass is 278 g/mol. The van der Waals surface area contributed by atoms with E-state index in [1.54, 1.807) is 6.20 Å². The summed E-state index contributed by atoms with van der Waals surface area (Å²) in [5.74, 6) is -0.138. The van der Waals surface area contributed by atoms with Crippen LogP contribution in [-0.2, 0) is 11.3 Å². The van der Waals surface area contributed by atoms with Crippen LogP contribution in [0.1, 0.15) is 39.0 Å². The van der Waals surface area contributed by atoms with Gasteiger partial charge in [-0.1, -0.05) is 19.8 Å². The van der Waals surface area contributed by atoms with Crippen molar-refractivity contribution < 1.29 is 4.79 Å². The first-order chi connectivity index (χ1) is 9.69. The molecule has 0 atom stereocenters. The smallest absolute Gasteiger partial charge is 0.269 e. The quantitative estimate of drug-likeness (QED) is 0.817. The van der Waals surface area contributed by atoms with Gasteiger partial charge in [0.25, 0.3) is 5.56 Å². The number of rotatable bonds is 6. The molecule has 0 spiro atoms. The van der Waals surface area contributed by atoms with Gasteiger partial charge in [0.1, 0.15) is 6.54 Å². The van der Waals surface area contributed by atoms with E-state index in [0.717, 1.165) is 25.8 Å². The van der Waals surface area contributed by atoms with E-state index in [4.69, 9.17) is 0 Å². The highest BCUT2D eigenvalue weighted by Crippen LogP contribution is 2.17. The molecule has 0 bridgehead atoms. The van der Waals surface area contributed by atoms with Crippen molar-refractivity contribution in [2.24, 2.45) is 0 Å². The number of hydrogen-bond acceptors (Lipinski definition) is 4. The van der Waals surface area contributed by atoms with Crippen molar-refractivity contribution in [2.45, 2.75) is 51.6 Å². The first-order valence-corrected chi connectivity index (χ1v) is 7.29. The topological polar surface area (TPSA) is 76.0 Å². The molecule has 1 fully saturated rings. The highest BCUT2D eigenvalue weighted by Gasteiger charge is 2.17. The number of aromatic nitrogens is 2. The van der Waals surface area contributed by atoms with E-state index in [1.807, 2.05) is 0 Å². The molecule has 1 aliphatic carbocycles. The molecule has 110 valence electrons. The number of hydrogen-bond donors (Lipinski definition) is 2. The Balaban J connectivity index is 1.91. The van der Waals surface area contributed by atoms with E-state index in [1.165, 1.54) is 23.6 Å². The number of anilines is 1. The van der Waals surface area contributed by atoms with E-state index in [0.29, 0.717) is 5.69 Å². The van der Waals surface area contributed by atoms with Crippen molar-refractivity contribution in [3.63, 3.8) is 0 Å². The fourth-order valence-corrected chi connectivity index (χ4v) is 2.40. The Kier molecular flexibility index (Phi) is 5.15. The van der Waals surface area contributed by atoms with Gasteiger partial charge in [-0.3, -0.25) is 9.59 Å². The van der Waals surface area contributed by atoms with Gasteiger partial charge in [0.05, 0.1) is 11.9 Å². The molecule has 1 aromatic rings. The summed E-state index contributed by atoms with van der Waals surface area (Å²) >= 11 is 0. The zero-order chi connectivity index (χ0) is 14.4. The lowest BCUT2D eigenvalue weighted by atomic mass is 10.2. The summed E-state index contributed by atoms with van der Waals surface area (Å²) in [7, 11) is 0. The molecule has 1 heterocycles. The standard InChI is InChI=1S/C14H22N4O2/c1-2-7-15-12-8-14(20)18(16-9-12)10-13(19)17-11-5-3-4-6-11/h8-9,11,15H,2-7,10H2,1H3,(H,17,19). The van der Waals surface area contributed by atoms with Crippen LogP contribution in [0.3, 0.4) is 0 Å². The summed E-state index contributed by atoms with van der Waals surface area (Å²) in [5, 5.41) is 10.1. The van der Waals surface area contributed by atoms with Crippen LogP contribution in [-0.4, -0.2) is 28.3 Å². The van der Waals surface area contributed by atoms with Crippen molar-refractivity contribution in [3.8, 4) is 0 Å². The average Bonchev–Trinajstić information content (AvgIpc) is 2.92. The van der Waals surface area contributed by atoms with Gasteiger partial charge in [-0.25, -0.2) is 4.68 Å². The summed E-state index contributed by atoms with van der Waals surface area (Å²) in [6, 6.07) is 1.74. The fourth-order valence-electron chi connectivity index (χ4n) is 2.40. The second kappa shape index (κ2) is 7.07. The third kappa shape index (κ3) is 4.08.